The van der Waals surface area contributed by atoms with Gasteiger partial charge in [0.05, 0.1) is 29.3 Å². The van der Waals surface area contributed by atoms with Crippen molar-refractivity contribution in [3.8, 4) is 0 Å². The van der Waals surface area contributed by atoms with Crippen LogP contribution in [0.2, 0.25) is 0 Å². The number of hydrogen-bond donors (Lipinski definition) is 1. The molecule has 0 radical (unpaired) electrons. The molecule has 1 aromatic heterocycles. The first-order valence-corrected chi connectivity index (χ1v) is 14.7. The smallest absolute Gasteiger partial charge is 0.435 e. The van der Waals surface area contributed by atoms with Gasteiger partial charge in [0.25, 0.3) is 5.91 Å². The Morgan fingerprint density at radius 1 is 1.05 bits per heavy atom. The van der Waals surface area contributed by atoms with E-state index in [1.165, 1.54) is 24.3 Å². The third kappa shape index (κ3) is 6.07. The average Bonchev–Trinajstić information content (AvgIpc) is 3.54. The molecule has 43 heavy (non-hydrogen) atoms. The van der Waals surface area contributed by atoms with E-state index in [1.54, 1.807) is 11.8 Å². The number of nitrogens with one attached hydrogen (secondary N) is 1. The van der Waals surface area contributed by atoms with Crippen LogP contribution in [0.5, 0.6) is 0 Å². The van der Waals surface area contributed by atoms with Gasteiger partial charge < -0.3 is 19.9 Å². The summed E-state index contributed by atoms with van der Waals surface area (Å²) in [6, 6.07) is 7.66. The minimum absolute atomic E-state index is 0.0274. The fourth-order valence-corrected chi connectivity index (χ4v) is 6.40. The largest absolute Gasteiger partial charge is 0.448 e. The minimum atomic E-state index is -4.74. The van der Waals surface area contributed by atoms with Crippen molar-refractivity contribution in [1.29, 1.82) is 0 Å². The van der Waals surface area contributed by atoms with Crippen molar-refractivity contribution in [2.24, 2.45) is 0 Å². The molecule has 2 aliphatic heterocycles. The number of ether oxygens (including phenoxy) is 1. The van der Waals surface area contributed by atoms with Gasteiger partial charge in [-0.05, 0) is 50.4 Å². The van der Waals surface area contributed by atoms with Gasteiger partial charge in [-0.2, -0.15) is 22.2 Å². The fourth-order valence-electron chi connectivity index (χ4n) is 5.00. The second-order valence-corrected chi connectivity index (χ2v) is 12.0. The van der Waals surface area contributed by atoms with Crippen LogP contribution in [0.25, 0.3) is 0 Å². The minimum Gasteiger partial charge on any atom is -0.448 e. The van der Waals surface area contributed by atoms with Crippen LogP contribution in [-0.2, 0) is 34.0 Å². The van der Waals surface area contributed by atoms with E-state index in [0.29, 0.717) is 26.2 Å². The van der Waals surface area contributed by atoms with Gasteiger partial charge in [-0.1, -0.05) is 6.07 Å². The molecule has 3 heterocycles. The maximum Gasteiger partial charge on any atom is 0.435 e. The number of fused-ring (bicyclic) bond motifs is 1. The Morgan fingerprint density at radius 3 is 2.42 bits per heavy atom. The maximum atomic E-state index is 14.1. The van der Waals surface area contributed by atoms with E-state index in [9.17, 15) is 35.6 Å². The van der Waals surface area contributed by atoms with Crippen LogP contribution >= 0.6 is 0 Å². The average molecular weight is 625 g/mol. The number of amides is 1. The van der Waals surface area contributed by atoms with E-state index in [0.717, 1.165) is 27.2 Å². The highest BCUT2D eigenvalue weighted by atomic mass is 32.2. The lowest BCUT2D eigenvalue weighted by Gasteiger charge is -2.35. The number of alkyl halides is 3. The maximum absolute atomic E-state index is 14.1. The quantitative estimate of drug-likeness (QED) is 0.413. The molecule has 2 aromatic carbocycles. The molecule has 0 spiro atoms. The molecule has 0 aliphatic carbocycles. The second-order valence-electron chi connectivity index (χ2n) is 10.1. The summed E-state index contributed by atoms with van der Waals surface area (Å²) in [4.78, 5) is 29.2. The van der Waals surface area contributed by atoms with Crippen molar-refractivity contribution < 1.29 is 40.3 Å². The Labute approximate surface area is 244 Å². The first kappa shape index (κ1) is 30.4. The zero-order chi connectivity index (χ0) is 31.1. The first-order chi connectivity index (χ1) is 20.3. The lowest BCUT2D eigenvalue weighted by molar-refractivity contribution is -0.137. The van der Waals surface area contributed by atoms with Crippen LogP contribution in [0.3, 0.4) is 0 Å². The molecule has 1 fully saturated rings. The SMILES string of the molecule is CCOC(=O)n1nc(NC(=O)c2ccc(N3CCN(C)CC3)c(C(F)(F)F)c2)c2c1CN(S(=O)(=O)c1cccc(F)c1)C2. The van der Waals surface area contributed by atoms with Gasteiger partial charge in [-0.3, -0.25) is 4.79 Å². The van der Waals surface area contributed by atoms with E-state index in [-0.39, 0.29) is 52.9 Å². The molecule has 1 N–H and O–H groups in total. The number of anilines is 2. The molecular formula is C27H28F4N6O5S. The molecule has 1 saturated heterocycles. The van der Waals surface area contributed by atoms with Crippen molar-refractivity contribution in [3.05, 3.63) is 70.7 Å². The zero-order valence-corrected chi connectivity index (χ0v) is 24.0. The number of likely N-dealkylation sites (N-methyl/N-ethyl adjacent to an activating group) is 1. The van der Waals surface area contributed by atoms with Crippen molar-refractivity contribution in [2.75, 3.05) is 50.1 Å². The topological polar surface area (TPSA) is 117 Å². The van der Waals surface area contributed by atoms with Crippen molar-refractivity contribution in [3.63, 3.8) is 0 Å². The molecule has 0 unspecified atom stereocenters. The van der Waals surface area contributed by atoms with Gasteiger partial charge in [0.15, 0.2) is 5.82 Å². The molecule has 0 bridgehead atoms. The first-order valence-electron chi connectivity index (χ1n) is 13.3. The Kier molecular flexibility index (Phi) is 8.20. The van der Waals surface area contributed by atoms with Crippen LogP contribution in [0, 0.1) is 5.82 Å². The number of carbonyl (C=O) groups is 2. The zero-order valence-electron chi connectivity index (χ0n) is 23.2. The number of rotatable bonds is 6. The highest BCUT2D eigenvalue weighted by Gasteiger charge is 2.39. The normalized spacial score (nSPS) is 16.3. The number of benzene rings is 2. The highest BCUT2D eigenvalue weighted by molar-refractivity contribution is 7.89. The summed E-state index contributed by atoms with van der Waals surface area (Å²) in [5, 5.41) is 6.51. The highest BCUT2D eigenvalue weighted by Crippen LogP contribution is 2.38. The van der Waals surface area contributed by atoms with Crippen molar-refractivity contribution in [2.45, 2.75) is 31.1 Å². The lowest BCUT2D eigenvalue weighted by Crippen LogP contribution is -2.45. The van der Waals surface area contributed by atoms with Crippen LogP contribution in [-0.4, -0.2) is 79.2 Å². The van der Waals surface area contributed by atoms with Gasteiger partial charge in [0.1, 0.15) is 5.82 Å². The Hall–Kier alpha value is -4.02. The summed E-state index contributed by atoms with van der Waals surface area (Å²) in [6.45, 7) is 2.76. The van der Waals surface area contributed by atoms with Crippen molar-refractivity contribution >= 4 is 33.5 Å². The van der Waals surface area contributed by atoms with Gasteiger partial charge in [-0.15, -0.1) is 5.10 Å². The van der Waals surface area contributed by atoms with Crippen LogP contribution in [0.4, 0.5) is 33.9 Å². The predicted molar refractivity (Wildman–Crippen MR) is 147 cm³/mol. The molecular weight excluding hydrogens is 596 g/mol. The Morgan fingerprint density at radius 2 is 1.77 bits per heavy atom. The molecule has 16 heteroatoms. The standard InChI is InChI=1S/C27H28F4N6O5S/c1-3-42-26(39)37-23-16-36(43(40,41)19-6-4-5-18(28)14-19)15-20(23)24(33-37)32-25(38)17-7-8-22(21(13-17)27(29,30)31)35-11-9-34(2)10-12-35/h4-8,13-14H,3,9-12,15-16H2,1-2H3,(H,32,33,38). The molecule has 0 atom stereocenters. The van der Waals surface area contributed by atoms with E-state index in [1.807, 2.05) is 11.9 Å². The number of hydrogen-bond acceptors (Lipinski definition) is 8. The van der Waals surface area contributed by atoms with Gasteiger partial charge in [0.2, 0.25) is 10.0 Å². The molecule has 3 aromatic rings. The van der Waals surface area contributed by atoms with Gasteiger partial charge >= 0.3 is 12.3 Å². The molecule has 2 aliphatic rings. The van der Waals surface area contributed by atoms with E-state index in [2.05, 4.69) is 10.4 Å². The summed E-state index contributed by atoms with van der Waals surface area (Å²) in [5.41, 5.74) is -1.09. The molecule has 0 saturated carbocycles. The summed E-state index contributed by atoms with van der Waals surface area (Å²) in [6.07, 6.45) is -5.69. The summed E-state index contributed by atoms with van der Waals surface area (Å²) in [5.74, 6) is -1.93. The van der Waals surface area contributed by atoms with Gasteiger partial charge in [0, 0.05) is 49.5 Å². The third-order valence-electron chi connectivity index (χ3n) is 7.27. The van der Waals surface area contributed by atoms with Gasteiger partial charge in [-0.25, -0.2) is 17.6 Å². The van der Waals surface area contributed by atoms with Crippen LogP contribution in [0.15, 0.2) is 47.4 Å². The monoisotopic (exact) mass is 624 g/mol. The predicted octanol–water partition coefficient (Wildman–Crippen LogP) is 3.75. The number of sulfonamides is 1. The van der Waals surface area contributed by atoms with E-state index < -0.39 is 39.6 Å². The van der Waals surface area contributed by atoms with Crippen LogP contribution in [0.1, 0.15) is 34.1 Å². The Balaban J connectivity index is 1.46. The molecule has 5 rings (SSSR count). The molecule has 1 amide bonds. The van der Waals surface area contributed by atoms with Crippen molar-refractivity contribution in [1.82, 2.24) is 19.0 Å². The van der Waals surface area contributed by atoms with E-state index in [4.69, 9.17) is 4.74 Å². The number of halogens is 4. The number of nitrogens with zero attached hydrogens (tertiary/aromatic N) is 5. The lowest BCUT2D eigenvalue weighted by atomic mass is 10.1. The summed E-state index contributed by atoms with van der Waals surface area (Å²) < 4.78 is 89.3. The third-order valence-corrected chi connectivity index (χ3v) is 9.05. The molecule has 11 nitrogen and oxygen atoms in total. The van der Waals surface area contributed by atoms with Crippen LogP contribution < -0.4 is 10.2 Å². The summed E-state index contributed by atoms with van der Waals surface area (Å²) in [7, 11) is -2.36. The summed E-state index contributed by atoms with van der Waals surface area (Å²) >= 11 is 0. The number of carbonyl (C=O) groups excluding carboxylic acids is 2. The molecule has 230 valence electrons. The fraction of sp³-hybridized carbons (Fsp3) is 0.370. The van der Waals surface area contributed by atoms with E-state index >= 15 is 0 Å². The second kappa shape index (κ2) is 11.6. The number of aromatic nitrogens is 2. The number of piperazine rings is 1. The Bertz CT molecular complexity index is 1670.